The van der Waals surface area contributed by atoms with E-state index in [4.69, 9.17) is 4.74 Å². The number of ether oxygens (including phenoxy) is 1. The molecule has 3 rings (SSSR count). The summed E-state index contributed by atoms with van der Waals surface area (Å²) in [5.41, 5.74) is 1.60. The van der Waals surface area contributed by atoms with Gasteiger partial charge in [-0.2, -0.15) is 0 Å². The van der Waals surface area contributed by atoms with E-state index in [0.717, 1.165) is 18.4 Å². The summed E-state index contributed by atoms with van der Waals surface area (Å²) < 4.78 is 5.08. The highest BCUT2D eigenvalue weighted by molar-refractivity contribution is 6.39. The molecule has 1 atom stereocenters. The fraction of sp³-hybridized carbons (Fsp3) is 0.300. The molecule has 0 bridgehead atoms. The van der Waals surface area contributed by atoms with Crippen molar-refractivity contribution in [1.82, 2.24) is 5.32 Å². The van der Waals surface area contributed by atoms with Crippen LogP contribution in [0.15, 0.2) is 54.6 Å². The number of methoxy groups -OCH3 is 1. The summed E-state index contributed by atoms with van der Waals surface area (Å²) >= 11 is 0. The molecule has 25 heavy (non-hydrogen) atoms. The molecular formula is C20H22N2O3. The second-order valence-electron chi connectivity index (χ2n) is 6.24. The number of hydrogen-bond acceptors (Lipinski definition) is 3. The molecule has 1 aliphatic carbocycles. The molecule has 2 aromatic rings. The summed E-state index contributed by atoms with van der Waals surface area (Å²) in [6.45, 7) is 0. The number of carbonyl (C=O) groups is 2. The Morgan fingerprint density at radius 1 is 1.00 bits per heavy atom. The van der Waals surface area contributed by atoms with Gasteiger partial charge in [0.25, 0.3) is 0 Å². The highest BCUT2D eigenvalue weighted by atomic mass is 16.5. The minimum atomic E-state index is -0.662. The largest absolute Gasteiger partial charge is 0.497 e. The first kappa shape index (κ1) is 17.0. The molecule has 0 unspecified atom stereocenters. The van der Waals surface area contributed by atoms with Crippen molar-refractivity contribution in [3.63, 3.8) is 0 Å². The van der Waals surface area contributed by atoms with Crippen molar-refractivity contribution in [2.75, 3.05) is 12.4 Å². The van der Waals surface area contributed by atoms with Crippen LogP contribution < -0.4 is 15.4 Å². The number of hydrogen-bond donors (Lipinski definition) is 2. The van der Waals surface area contributed by atoms with Crippen molar-refractivity contribution < 1.29 is 14.3 Å². The topological polar surface area (TPSA) is 67.4 Å². The van der Waals surface area contributed by atoms with Gasteiger partial charge in [-0.15, -0.1) is 0 Å². The van der Waals surface area contributed by atoms with E-state index < -0.39 is 11.8 Å². The Morgan fingerprint density at radius 3 is 2.24 bits per heavy atom. The van der Waals surface area contributed by atoms with Gasteiger partial charge in [0.15, 0.2) is 0 Å². The van der Waals surface area contributed by atoms with Gasteiger partial charge in [0.05, 0.1) is 13.2 Å². The van der Waals surface area contributed by atoms with Gasteiger partial charge in [-0.05, 0) is 48.6 Å². The minimum absolute atomic E-state index is 0.121. The lowest BCUT2D eigenvalue weighted by atomic mass is 9.77. The molecule has 1 saturated carbocycles. The molecule has 5 heteroatoms. The van der Waals surface area contributed by atoms with Gasteiger partial charge < -0.3 is 15.4 Å². The van der Waals surface area contributed by atoms with Gasteiger partial charge in [-0.3, -0.25) is 9.59 Å². The van der Waals surface area contributed by atoms with Crippen LogP contribution in [-0.2, 0) is 9.59 Å². The predicted octanol–water partition coefficient (Wildman–Crippen LogP) is 3.29. The van der Waals surface area contributed by atoms with E-state index in [1.807, 2.05) is 30.3 Å². The van der Waals surface area contributed by atoms with Crippen LogP contribution in [0.5, 0.6) is 5.75 Å². The van der Waals surface area contributed by atoms with Gasteiger partial charge in [0.2, 0.25) is 0 Å². The zero-order valence-corrected chi connectivity index (χ0v) is 14.2. The Bertz CT molecular complexity index is 724. The maximum Gasteiger partial charge on any atom is 0.313 e. The zero-order chi connectivity index (χ0) is 17.6. The lowest BCUT2D eigenvalue weighted by Crippen LogP contribution is -2.41. The van der Waals surface area contributed by atoms with Crippen molar-refractivity contribution in [3.8, 4) is 5.75 Å². The van der Waals surface area contributed by atoms with Crippen LogP contribution in [0.2, 0.25) is 0 Å². The first-order chi connectivity index (χ1) is 12.2. The second kappa shape index (κ2) is 7.83. The summed E-state index contributed by atoms with van der Waals surface area (Å²) in [6.07, 6.45) is 3.31. The summed E-state index contributed by atoms with van der Waals surface area (Å²) in [7, 11) is 1.57. The van der Waals surface area contributed by atoms with E-state index in [1.165, 1.54) is 6.42 Å². The highest BCUT2D eigenvalue weighted by Crippen LogP contribution is 2.37. The normalized spacial score (nSPS) is 14.9. The van der Waals surface area contributed by atoms with E-state index in [1.54, 1.807) is 31.4 Å². The summed E-state index contributed by atoms with van der Waals surface area (Å²) in [6, 6.07) is 16.6. The minimum Gasteiger partial charge on any atom is -0.497 e. The standard InChI is InChI=1S/C20H22N2O3/c1-25-17-12-10-16(11-13-17)21-19(23)20(24)22-18(15-8-5-9-15)14-6-3-2-4-7-14/h2-4,6-7,10-13,15,18H,5,8-9H2,1H3,(H,21,23)(H,22,24)/t18-/m0/s1. The monoisotopic (exact) mass is 338 g/mol. The quantitative estimate of drug-likeness (QED) is 0.822. The van der Waals surface area contributed by atoms with Crippen LogP contribution in [0.3, 0.4) is 0 Å². The van der Waals surface area contributed by atoms with Crippen molar-refractivity contribution in [2.45, 2.75) is 25.3 Å². The molecule has 0 aliphatic heterocycles. The Hall–Kier alpha value is -2.82. The third kappa shape index (κ3) is 4.18. The van der Waals surface area contributed by atoms with Crippen LogP contribution in [0.4, 0.5) is 5.69 Å². The average Bonchev–Trinajstić information content (AvgIpc) is 2.61. The molecule has 0 spiro atoms. The fourth-order valence-electron chi connectivity index (χ4n) is 2.98. The second-order valence-corrected chi connectivity index (χ2v) is 6.24. The molecule has 2 aromatic carbocycles. The molecule has 1 aliphatic rings. The van der Waals surface area contributed by atoms with Crippen molar-refractivity contribution in [3.05, 3.63) is 60.2 Å². The number of rotatable bonds is 5. The molecule has 1 fully saturated rings. The van der Waals surface area contributed by atoms with Gasteiger partial charge >= 0.3 is 11.8 Å². The van der Waals surface area contributed by atoms with Gasteiger partial charge in [0.1, 0.15) is 5.75 Å². The first-order valence-corrected chi connectivity index (χ1v) is 8.48. The molecule has 0 radical (unpaired) electrons. The number of amides is 2. The van der Waals surface area contributed by atoms with E-state index in [9.17, 15) is 9.59 Å². The molecule has 0 aromatic heterocycles. The molecular weight excluding hydrogens is 316 g/mol. The van der Waals surface area contributed by atoms with Gasteiger partial charge in [0, 0.05) is 5.69 Å². The average molecular weight is 338 g/mol. The van der Waals surface area contributed by atoms with Gasteiger partial charge in [-0.25, -0.2) is 0 Å². The van der Waals surface area contributed by atoms with E-state index in [2.05, 4.69) is 10.6 Å². The Kier molecular flexibility index (Phi) is 5.33. The smallest absolute Gasteiger partial charge is 0.313 e. The molecule has 2 N–H and O–H groups in total. The highest BCUT2D eigenvalue weighted by Gasteiger charge is 2.31. The van der Waals surface area contributed by atoms with Crippen LogP contribution in [-0.4, -0.2) is 18.9 Å². The van der Waals surface area contributed by atoms with Crippen LogP contribution in [0.1, 0.15) is 30.9 Å². The third-order valence-corrected chi connectivity index (χ3v) is 4.62. The summed E-state index contributed by atoms with van der Waals surface area (Å²) in [5, 5.41) is 5.52. The predicted molar refractivity (Wildman–Crippen MR) is 96.3 cm³/mol. The summed E-state index contributed by atoms with van der Waals surface area (Å²) in [5.74, 6) is -0.196. The Morgan fingerprint density at radius 2 is 1.68 bits per heavy atom. The van der Waals surface area contributed by atoms with E-state index in [-0.39, 0.29) is 6.04 Å². The maximum atomic E-state index is 12.4. The summed E-state index contributed by atoms with van der Waals surface area (Å²) in [4.78, 5) is 24.6. The Balaban J connectivity index is 1.65. The number of anilines is 1. The van der Waals surface area contributed by atoms with Crippen LogP contribution in [0.25, 0.3) is 0 Å². The molecule has 0 saturated heterocycles. The Labute approximate surface area is 147 Å². The lowest BCUT2D eigenvalue weighted by molar-refractivity contribution is -0.137. The molecule has 2 amide bonds. The third-order valence-electron chi connectivity index (χ3n) is 4.62. The molecule has 0 heterocycles. The van der Waals surface area contributed by atoms with Crippen molar-refractivity contribution >= 4 is 17.5 Å². The van der Waals surface area contributed by atoms with E-state index in [0.29, 0.717) is 17.4 Å². The zero-order valence-electron chi connectivity index (χ0n) is 14.2. The SMILES string of the molecule is COc1ccc(NC(=O)C(=O)N[C@@H](c2ccccc2)C2CCC2)cc1. The first-order valence-electron chi connectivity index (χ1n) is 8.48. The van der Waals surface area contributed by atoms with Crippen LogP contribution in [0, 0.1) is 5.92 Å². The van der Waals surface area contributed by atoms with Crippen molar-refractivity contribution in [1.29, 1.82) is 0 Å². The fourth-order valence-corrected chi connectivity index (χ4v) is 2.98. The molecule has 5 nitrogen and oxygen atoms in total. The molecule has 130 valence electrons. The van der Waals surface area contributed by atoms with E-state index >= 15 is 0 Å². The van der Waals surface area contributed by atoms with Crippen LogP contribution >= 0.6 is 0 Å². The number of carbonyl (C=O) groups excluding carboxylic acids is 2. The maximum absolute atomic E-state index is 12.4. The van der Waals surface area contributed by atoms with Gasteiger partial charge in [-0.1, -0.05) is 36.8 Å². The lowest BCUT2D eigenvalue weighted by Gasteiger charge is -2.34. The number of nitrogens with one attached hydrogen (secondary N) is 2. The van der Waals surface area contributed by atoms with Crippen molar-refractivity contribution in [2.24, 2.45) is 5.92 Å². The number of benzene rings is 2.